The highest BCUT2D eigenvalue weighted by Crippen LogP contribution is 2.14. The second-order valence-electron chi connectivity index (χ2n) is 5.41. The number of anilines is 2. The minimum atomic E-state index is -0.239. The molecule has 0 bridgehead atoms. The lowest BCUT2D eigenvalue weighted by Crippen LogP contribution is -2.43. The second-order valence-corrected chi connectivity index (χ2v) is 5.41. The van der Waals surface area contributed by atoms with E-state index in [9.17, 15) is 9.59 Å². The van der Waals surface area contributed by atoms with E-state index in [1.54, 1.807) is 12.1 Å². The summed E-state index contributed by atoms with van der Waals surface area (Å²) in [6.45, 7) is 7.45. The summed E-state index contributed by atoms with van der Waals surface area (Å²) >= 11 is 0. The quantitative estimate of drug-likeness (QED) is 0.778. The van der Waals surface area contributed by atoms with Crippen LogP contribution in [0.15, 0.2) is 24.3 Å². The van der Waals surface area contributed by atoms with E-state index in [4.69, 9.17) is 0 Å². The molecule has 0 saturated heterocycles. The zero-order chi connectivity index (χ0) is 14.5. The molecule has 1 aromatic rings. The van der Waals surface area contributed by atoms with Gasteiger partial charge in [-0.2, -0.15) is 0 Å². The third-order valence-electron chi connectivity index (χ3n) is 2.15. The number of benzene rings is 1. The molecule has 0 unspecified atom stereocenters. The van der Waals surface area contributed by atoms with Crippen LogP contribution >= 0.6 is 0 Å². The van der Waals surface area contributed by atoms with E-state index < -0.39 is 0 Å². The van der Waals surface area contributed by atoms with Crippen LogP contribution in [0.2, 0.25) is 0 Å². The molecule has 19 heavy (non-hydrogen) atoms. The fourth-order valence-electron chi connectivity index (χ4n) is 1.55. The summed E-state index contributed by atoms with van der Waals surface area (Å²) in [5.74, 6) is -0.194. The predicted molar refractivity (Wildman–Crippen MR) is 77.1 cm³/mol. The molecule has 0 atom stereocenters. The Kier molecular flexibility index (Phi) is 4.92. The summed E-state index contributed by atoms with van der Waals surface area (Å²) in [6, 6.07) is 7.23. The number of hydrogen-bond donors (Lipinski definition) is 3. The molecule has 2 amide bonds. The van der Waals surface area contributed by atoms with Gasteiger partial charge >= 0.3 is 0 Å². The zero-order valence-electron chi connectivity index (χ0n) is 11.8. The molecule has 104 valence electrons. The van der Waals surface area contributed by atoms with Crippen LogP contribution in [-0.2, 0) is 9.59 Å². The summed E-state index contributed by atoms with van der Waals surface area (Å²) in [4.78, 5) is 22.6. The molecule has 1 rings (SSSR count). The van der Waals surface area contributed by atoms with E-state index in [-0.39, 0.29) is 23.9 Å². The maximum Gasteiger partial charge on any atom is 0.239 e. The smallest absolute Gasteiger partial charge is 0.239 e. The minimum Gasteiger partial charge on any atom is -0.376 e. The number of nitrogens with one attached hydrogen (secondary N) is 3. The third kappa shape index (κ3) is 6.45. The highest BCUT2D eigenvalue weighted by atomic mass is 16.2. The van der Waals surface area contributed by atoms with Crippen LogP contribution in [0, 0.1) is 0 Å². The van der Waals surface area contributed by atoms with Gasteiger partial charge in [0.25, 0.3) is 0 Å². The lowest BCUT2D eigenvalue weighted by atomic mass is 10.1. The average molecular weight is 263 g/mol. The molecule has 0 aliphatic heterocycles. The summed E-state index contributed by atoms with van der Waals surface area (Å²) in [7, 11) is 0. The van der Waals surface area contributed by atoms with Crippen LogP contribution in [0.25, 0.3) is 0 Å². The minimum absolute atomic E-state index is 0.0718. The Morgan fingerprint density at radius 2 is 1.79 bits per heavy atom. The normalized spacial score (nSPS) is 10.7. The van der Waals surface area contributed by atoms with Gasteiger partial charge in [-0.05, 0) is 39.0 Å². The van der Waals surface area contributed by atoms with Crippen molar-refractivity contribution >= 4 is 23.2 Å². The maximum absolute atomic E-state index is 11.7. The first-order chi connectivity index (χ1) is 8.76. The Morgan fingerprint density at radius 1 is 1.16 bits per heavy atom. The van der Waals surface area contributed by atoms with Crippen molar-refractivity contribution in [2.75, 3.05) is 17.2 Å². The first kappa shape index (κ1) is 15.0. The van der Waals surface area contributed by atoms with Crippen molar-refractivity contribution in [2.45, 2.75) is 33.2 Å². The van der Waals surface area contributed by atoms with Crippen LogP contribution in [0.4, 0.5) is 11.4 Å². The first-order valence-electron chi connectivity index (χ1n) is 6.19. The largest absolute Gasteiger partial charge is 0.376 e. The predicted octanol–water partition coefficient (Wildman–Crippen LogP) is 1.97. The summed E-state index contributed by atoms with van der Waals surface area (Å²) in [5, 5.41) is 8.57. The van der Waals surface area contributed by atoms with E-state index in [1.807, 2.05) is 32.9 Å². The van der Waals surface area contributed by atoms with Crippen LogP contribution < -0.4 is 16.0 Å². The van der Waals surface area contributed by atoms with Gasteiger partial charge in [0.2, 0.25) is 11.8 Å². The molecular weight excluding hydrogens is 242 g/mol. The van der Waals surface area contributed by atoms with Crippen LogP contribution in [0.3, 0.4) is 0 Å². The van der Waals surface area contributed by atoms with Crippen LogP contribution in [0.5, 0.6) is 0 Å². The van der Waals surface area contributed by atoms with Gasteiger partial charge in [0.1, 0.15) is 0 Å². The van der Waals surface area contributed by atoms with E-state index in [1.165, 1.54) is 6.92 Å². The van der Waals surface area contributed by atoms with Gasteiger partial charge in [-0.1, -0.05) is 6.07 Å². The van der Waals surface area contributed by atoms with Crippen molar-refractivity contribution in [2.24, 2.45) is 0 Å². The van der Waals surface area contributed by atoms with E-state index >= 15 is 0 Å². The molecule has 0 radical (unpaired) electrons. The second kappa shape index (κ2) is 6.22. The highest BCUT2D eigenvalue weighted by molar-refractivity contribution is 5.89. The first-order valence-corrected chi connectivity index (χ1v) is 6.19. The Balaban J connectivity index is 2.53. The molecule has 0 spiro atoms. The molecule has 1 aromatic carbocycles. The maximum atomic E-state index is 11.7. The topological polar surface area (TPSA) is 70.2 Å². The Morgan fingerprint density at radius 3 is 2.37 bits per heavy atom. The van der Waals surface area contributed by atoms with Crippen LogP contribution in [-0.4, -0.2) is 23.9 Å². The van der Waals surface area contributed by atoms with Gasteiger partial charge in [0.05, 0.1) is 6.54 Å². The standard InChI is InChI=1S/C14H21N3O2/c1-10(18)16-12-7-5-6-11(8-12)15-9-13(19)17-14(2,3)4/h5-8,15H,9H2,1-4H3,(H,16,18)(H,17,19). The molecule has 0 aromatic heterocycles. The molecular formula is C14H21N3O2. The van der Waals surface area contributed by atoms with Gasteiger partial charge in [-0.15, -0.1) is 0 Å². The molecule has 0 heterocycles. The summed E-state index contributed by atoms with van der Waals surface area (Å²) in [6.07, 6.45) is 0. The van der Waals surface area contributed by atoms with Crippen molar-refractivity contribution in [1.29, 1.82) is 0 Å². The van der Waals surface area contributed by atoms with E-state index in [0.717, 1.165) is 5.69 Å². The monoisotopic (exact) mass is 263 g/mol. The van der Waals surface area contributed by atoms with E-state index in [2.05, 4.69) is 16.0 Å². The Bertz CT molecular complexity index is 464. The number of hydrogen-bond acceptors (Lipinski definition) is 3. The van der Waals surface area contributed by atoms with Crippen molar-refractivity contribution in [1.82, 2.24) is 5.32 Å². The van der Waals surface area contributed by atoms with Crippen LogP contribution in [0.1, 0.15) is 27.7 Å². The molecule has 3 N–H and O–H groups in total. The van der Waals surface area contributed by atoms with Crippen molar-refractivity contribution < 1.29 is 9.59 Å². The number of carbonyl (C=O) groups is 2. The molecule has 5 nitrogen and oxygen atoms in total. The fourth-order valence-corrected chi connectivity index (χ4v) is 1.55. The molecule has 0 fully saturated rings. The third-order valence-corrected chi connectivity index (χ3v) is 2.15. The van der Waals surface area contributed by atoms with Crippen molar-refractivity contribution in [3.05, 3.63) is 24.3 Å². The summed E-state index contributed by atoms with van der Waals surface area (Å²) < 4.78 is 0. The van der Waals surface area contributed by atoms with E-state index in [0.29, 0.717) is 5.69 Å². The zero-order valence-corrected chi connectivity index (χ0v) is 11.8. The van der Waals surface area contributed by atoms with Gasteiger partial charge < -0.3 is 16.0 Å². The number of amides is 2. The van der Waals surface area contributed by atoms with Crippen molar-refractivity contribution in [3.63, 3.8) is 0 Å². The molecule has 5 heteroatoms. The van der Waals surface area contributed by atoms with Crippen molar-refractivity contribution in [3.8, 4) is 0 Å². The van der Waals surface area contributed by atoms with Gasteiger partial charge in [0, 0.05) is 23.8 Å². The number of carbonyl (C=O) groups excluding carboxylic acids is 2. The summed E-state index contributed by atoms with van der Waals surface area (Å²) in [5.41, 5.74) is 1.25. The average Bonchev–Trinajstić information content (AvgIpc) is 2.23. The van der Waals surface area contributed by atoms with Gasteiger partial charge in [0.15, 0.2) is 0 Å². The number of rotatable bonds is 4. The fraction of sp³-hybridized carbons (Fsp3) is 0.429. The van der Waals surface area contributed by atoms with Gasteiger partial charge in [-0.25, -0.2) is 0 Å². The Hall–Kier alpha value is -2.04. The molecule has 0 saturated carbocycles. The lowest BCUT2D eigenvalue weighted by molar-refractivity contribution is -0.120. The highest BCUT2D eigenvalue weighted by Gasteiger charge is 2.13. The lowest BCUT2D eigenvalue weighted by Gasteiger charge is -2.20. The SMILES string of the molecule is CC(=O)Nc1cccc(NCC(=O)NC(C)(C)C)c1. The van der Waals surface area contributed by atoms with Gasteiger partial charge in [-0.3, -0.25) is 9.59 Å². The molecule has 0 aliphatic rings. The molecule has 0 aliphatic carbocycles. The Labute approximate surface area is 113 Å².